The second kappa shape index (κ2) is 9.43. The molecule has 7 heteroatoms. The first kappa shape index (κ1) is 21.4. The van der Waals surface area contributed by atoms with Crippen molar-refractivity contribution in [3.05, 3.63) is 60.2 Å². The summed E-state index contributed by atoms with van der Waals surface area (Å²) >= 11 is 0. The Kier molecular flexibility index (Phi) is 6.72. The summed E-state index contributed by atoms with van der Waals surface area (Å²) < 4.78 is 10.4. The van der Waals surface area contributed by atoms with E-state index in [0.717, 1.165) is 5.56 Å². The van der Waals surface area contributed by atoms with Gasteiger partial charge < -0.3 is 19.7 Å². The molecule has 158 valence electrons. The number of rotatable bonds is 7. The van der Waals surface area contributed by atoms with Crippen molar-refractivity contribution in [3.8, 4) is 5.75 Å². The highest BCUT2D eigenvalue weighted by molar-refractivity contribution is 5.95. The van der Waals surface area contributed by atoms with Crippen molar-refractivity contribution >= 4 is 23.5 Å². The van der Waals surface area contributed by atoms with E-state index >= 15 is 0 Å². The molecule has 2 amide bonds. The Hall–Kier alpha value is -3.35. The molecule has 2 aromatic rings. The predicted molar refractivity (Wildman–Crippen MR) is 112 cm³/mol. The number of nitrogens with one attached hydrogen (secondary N) is 1. The number of carbonyl (C=O) groups excluding carboxylic acids is 3. The van der Waals surface area contributed by atoms with E-state index in [0.29, 0.717) is 11.4 Å². The summed E-state index contributed by atoms with van der Waals surface area (Å²) in [5.74, 6) is -0.980. The minimum absolute atomic E-state index is 0.0861. The van der Waals surface area contributed by atoms with Crippen LogP contribution in [0.3, 0.4) is 0 Å². The van der Waals surface area contributed by atoms with E-state index in [1.807, 2.05) is 37.3 Å². The van der Waals surface area contributed by atoms with Crippen LogP contribution in [0, 0.1) is 5.92 Å². The molecule has 1 saturated heterocycles. The molecule has 3 rings (SSSR count). The first-order valence-electron chi connectivity index (χ1n) is 9.89. The standard InChI is InChI=1S/C23H26N2O5/c1-15(17-7-5-4-6-8-17)25-14-18(13-21(25)26)23(28)30-16(2)22(27)24-19-9-11-20(29-3)12-10-19/h4-12,15-16,18H,13-14H2,1-3H3,(H,24,27)/t15-,16+,18+/m1/s1. The van der Waals surface area contributed by atoms with Crippen LogP contribution in [-0.2, 0) is 19.1 Å². The second-order valence-electron chi connectivity index (χ2n) is 7.33. The van der Waals surface area contributed by atoms with E-state index in [4.69, 9.17) is 9.47 Å². The predicted octanol–water partition coefficient (Wildman–Crippen LogP) is 3.18. The Balaban J connectivity index is 1.54. The lowest BCUT2D eigenvalue weighted by atomic mass is 10.1. The maximum Gasteiger partial charge on any atom is 0.312 e. The quantitative estimate of drug-likeness (QED) is 0.709. The molecule has 1 aliphatic heterocycles. The number of methoxy groups -OCH3 is 1. The van der Waals surface area contributed by atoms with Crippen molar-refractivity contribution in [3.63, 3.8) is 0 Å². The Morgan fingerprint density at radius 1 is 1.07 bits per heavy atom. The minimum Gasteiger partial charge on any atom is -0.497 e. The number of likely N-dealkylation sites (tertiary alicyclic amines) is 1. The van der Waals surface area contributed by atoms with Crippen LogP contribution in [0.1, 0.15) is 31.9 Å². The van der Waals surface area contributed by atoms with E-state index in [1.54, 1.807) is 36.3 Å². The molecule has 30 heavy (non-hydrogen) atoms. The molecular formula is C23H26N2O5. The van der Waals surface area contributed by atoms with Crippen LogP contribution in [0.2, 0.25) is 0 Å². The van der Waals surface area contributed by atoms with Crippen LogP contribution in [-0.4, -0.2) is 42.4 Å². The van der Waals surface area contributed by atoms with Gasteiger partial charge in [-0.1, -0.05) is 30.3 Å². The molecule has 1 fully saturated rings. The molecule has 0 aliphatic carbocycles. The number of ether oxygens (including phenoxy) is 2. The first-order chi connectivity index (χ1) is 14.4. The molecule has 0 bridgehead atoms. The lowest BCUT2D eigenvalue weighted by molar-refractivity contribution is -0.157. The zero-order valence-corrected chi connectivity index (χ0v) is 17.3. The van der Waals surface area contributed by atoms with Crippen LogP contribution < -0.4 is 10.1 Å². The molecule has 3 atom stereocenters. The van der Waals surface area contributed by atoms with Gasteiger partial charge in [0, 0.05) is 18.7 Å². The highest BCUT2D eigenvalue weighted by Crippen LogP contribution is 2.29. The Bertz CT molecular complexity index is 898. The van der Waals surface area contributed by atoms with Crippen LogP contribution >= 0.6 is 0 Å². The van der Waals surface area contributed by atoms with Gasteiger partial charge in [0.25, 0.3) is 5.91 Å². The summed E-state index contributed by atoms with van der Waals surface area (Å²) in [5.41, 5.74) is 1.58. The van der Waals surface area contributed by atoms with E-state index in [9.17, 15) is 14.4 Å². The lowest BCUT2D eigenvalue weighted by Gasteiger charge is -2.25. The fourth-order valence-corrected chi connectivity index (χ4v) is 3.42. The largest absolute Gasteiger partial charge is 0.497 e. The summed E-state index contributed by atoms with van der Waals surface area (Å²) in [7, 11) is 1.56. The topological polar surface area (TPSA) is 84.9 Å². The molecule has 0 saturated carbocycles. The lowest BCUT2D eigenvalue weighted by Crippen LogP contribution is -2.33. The first-order valence-corrected chi connectivity index (χ1v) is 9.89. The zero-order chi connectivity index (χ0) is 21.7. The van der Waals surface area contributed by atoms with Crippen LogP contribution in [0.4, 0.5) is 5.69 Å². The van der Waals surface area contributed by atoms with E-state index < -0.39 is 23.9 Å². The van der Waals surface area contributed by atoms with Gasteiger partial charge in [0.05, 0.1) is 19.1 Å². The summed E-state index contributed by atoms with van der Waals surface area (Å²) in [5, 5.41) is 2.70. The van der Waals surface area contributed by atoms with Gasteiger partial charge in [0.15, 0.2) is 6.10 Å². The molecule has 0 unspecified atom stereocenters. The highest BCUT2D eigenvalue weighted by atomic mass is 16.5. The minimum atomic E-state index is -0.977. The van der Waals surface area contributed by atoms with Crippen molar-refractivity contribution in [2.24, 2.45) is 5.92 Å². The van der Waals surface area contributed by atoms with Crippen LogP contribution in [0.25, 0.3) is 0 Å². The van der Waals surface area contributed by atoms with Crippen LogP contribution in [0.15, 0.2) is 54.6 Å². The fraction of sp³-hybridized carbons (Fsp3) is 0.348. The molecule has 7 nitrogen and oxygen atoms in total. The van der Waals surface area contributed by atoms with Gasteiger partial charge in [-0.15, -0.1) is 0 Å². The van der Waals surface area contributed by atoms with E-state index in [2.05, 4.69) is 5.32 Å². The van der Waals surface area contributed by atoms with E-state index in [1.165, 1.54) is 6.92 Å². The smallest absolute Gasteiger partial charge is 0.312 e. The summed E-state index contributed by atoms with van der Waals surface area (Å²) in [6, 6.07) is 16.4. The SMILES string of the molecule is COc1ccc(NC(=O)[C@H](C)OC(=O)[C@H]2CC(=O)N([C@H](C)c3ccccc3)C2)cc1. The zero-order valence-electron chi connectivity index (χ0n) is 17.3. The Labute approximate surface area is 176 Å². The van der Waals surface area contributed by atoms with Gasteiger partial charge in [-0.2, -0.15) is 0 Å². The van der Waals surface area contributed by atoms with Crippen molar-refractivity contribution in [1.29, 1.82) is 0 Å². The van der Waals surface area contributed by atoms with Gasteiger partial charge in [-0.3, -0.25) is 14.4 Å². The van der Waals surface area contributed by atoms with Gasteiger partial charge in [0.1, 0.15) is 5.75 Å². The van der Waals surface area contributed by atoms with Crippen molar-refractivity contribution in [2.45, 2.75) is 32.4 Å². The maximum absolute atomic E-state index is 12.5. The molecule has 1 N–H and O–H groups in total. The Morgan fingerprint density at radius 3 is 2.37 bits per heavy atom. The third-order valence-corrected chi connectivity index (χ3v) is 5.26. The number of esters is 1. The number of carbonyl (C=O) groups is 3. The van der Waals surface area contributed by atoms with Crippen LogP contribution in [0.5, 0.6) is 5.75 Å². The fourth-order valence-electron chi connectivity index (χ4n) is 3.42. The van der Waals surface area contributed by atoms with Crippen molar-refractivity contribution in [2.75, 3.05) is 19.0 Å². The molecule has 1 aliphatic rings. The number of nitrogens with zero attached hydrogens (tertiary/aromatic N) is 1. The summed E-state index contributed by atoms with van der Waals surface area (Å²) in [6.07, 6.45) is -0.890. The van der Waals surface area contributed by atoms with Gasteiger partial charge in [0.2, 0.25) is 5.91 Å². The average Bonchev–Trinajstić information content (AvgIpc) is 3.16. The number of benzene rings is 2. The second-order valence-corrected chi connectivity index (χ2v) is 7.33. The van der Waals surface area contributed by atoms with Gasteiger partial charge in [-0.25, -0.2) is 0 Å². The third-order valence-electron chi connectivity index (χ3n) is 5.26. The highest BCUT2D eigenvalue weighted by Gasteiger charge is 2.38. The Morgan fingerprint density at radius 2 is 1.73 bits per heavy atom. The summed E-state index contributed by atoms with van der Waals surface area (Å²) in [4.78, 5) is 39.0. The normalized spacial score (nSPS) is 17.9. The molecule has 0 aromatic heterocycles. The van der Waals surface area contributed by atoms with Gasteiger partial charge >= 0.3 is 5.97 Å². The average molecular weight is 410 g/mol. The summed E-state index contributed by atoms with van der Waals surface area (Å²) in [6.45, 7) is 3.73. The molecule has 0 radical (unpaired) electrons. The van der Waals surface area contributed by atoms with Gasteiger partial charge in [-0.05, 0) is 43.7 Å². The van der Waals surface area contributed by atoms with E-state index in [-0.39, 0.29) is 24.9 Å². The number of anilines is 1. The molecule has 2 aromatic carbocycles. The molecule has 0 spiro atoms. The number of amides is 2. The third kappa shape index (κ3) is 4.97. The molecular weight excluding hydrogens is 384 g/mol. The number of hydrogen-bond acceptors (Lipinski definition) is 5. The molecule has 1 heterocycles. The maximum atomic E-state index is 12.5. The monoisotopic (exact) mass is 410 g/mol. The van der Waals surface area contributed by atoms with Crippen molar-refractivity contribution in [1.82, 2.24) is 4.90 Å². The number of hydrogen-bond donors (Lipinski definition) is 1. The van der Waals surface area contributed by atoms with Crippen molar-refractivity contribution < 1.29 is 23.9 Å².